The number of likely N-dealkylation sites (tertiary alicyclic amines) is 1. The summed E-state index contributed by atoms with van der Waals surface area (Å²) in [6.07, 6.45) is 11.6. The highest BCUT2D eigenvalue weighted by atomic mass is 16.3. The van der Waals surface area contributed by atoms with Crippen LogP contribution in [0, 0.1) is 34.5 Å². The Morgan fingerprint density at radius 2 is 1.64 bits per heavy atom. The highest BCUT2D eigenvalue weighted by molar-refractivity contribution is 5.13. The number of hydrogen-bond acceptors (Lipinski definition) is 4. The van der Waals surface area contributed by atoms with Crippen LogP contribution in [0.4, 0.5) is 0 Å². The summed E-state index contributed by atoms with van der Waals surface area (Å²) in [4.78, 5) is 2.63. The Hall–Kier alpha value is -0.160. The molecule has 1 aliphatic heterocycles. The highest BCUT2D eigenvalue weighted by Gasteiger charge is 2.63. The maximum absolute atomic E-state index is 11.5. The standard InChI is InChI=1S/C24H42N2O2/c1-23-9-8-17-16(7-6-15-12-21(27)19(25)14-24(15,17)2)18(23)13-20(22(23)28)26-10-4-3-5-11-26/h15-22,27-28H,3-14,25H2,1-2H3/t15-,16?,17?,18?,19-,20-,21-,22-,23-,24-/m0/s1. The number of aliphatic hydroxyl groups excluding tert-OH is 2. The van der Waals surface area contributed by atoms with Gasteiger partial charge >= 0.3 is 0 Å². The molecule has 5 aliphatic rings. The lowest BCUT2D eigenvalue weighted by molar-refractivity contribution is -0.139. The number of nitrogens with two attached hydrogens (primary N) is 1. The number of nitrogens with zero attached hydrogens (tertiary/aromatic N) is 1. The highest BCUT2D eigenvalue weighted by Crippen LogP contribution is 2.66. The molecule has 5 rings (SSSR count). The van der Waals surface area contributed by atoms with Crippen LogP contribution in [0.15, 0.2) is 0 Å². The van der Waals surface area contributed by atoms with E-state index in [0.717, 1.165) is 24.7 Å². The third-order valence-electron chi connectivity index (χ3n) is 10.6. The van der Waals surface area contributed by atoms with Gasteiger partial charge in [0.05, 0.1) is 12.2 Å². The summed E-state index contributed by atoms with van der Waals surface area (Å²) in [7, 11) is 0. The van der Waals surface area contributed by atoms with Crippen LogP contribution < -0.4 is 5.73 Å². The minimum atomic E-state index is -0.305. The molecule has 28 heavy (non-hydrogen) atoms. The molecule has 4 saturated carbocycles. The zero-order valence-electron chi connectivity index (χ0n) is 18.0. The second-order valence-electron chi connectivity index (χ2n) is 11.7. The van der Waals surface area contributed by atoms with Gasteiger partial charge in [0.2, 0.25) is 0 Å². The van der Waals surface area contributed by atoms with Crippen molar-refractivity contribution in [1.82, 2.24) is 4.90 Å². The third kappa shape index (κ3) is 2.77. The minimum Gasteiger partial charge on any atom is -0.392 e. The van der Waals surface area contributed by atoms with Crippen molar-refractivity contribution in [2.45, 2.75) is 102 Å². The van der Waals surface area contributed by atoms with Crippen LogP contribution in [0.25, 0.3) is 0 Å². The molecule has 4 N–H and O–H groups in total. The monoisotopic (exact) mass is 390 g/mol. The van der Waals surface area contributed by atoms with Crippen molar-refractivity contribution < 1.29 is 10.2 Å². The summed E-state index contributed by atoms with van der Waals surface area (Å²) in [6.45, 7) is 7.28. The largest absolute Gasteiger partial charge is 0.392 e. The van der Waals surface area contributed by atoms with E-state index < -0.39 is 0 Å². The molecule has 0 aromatic rings. The number of piperidine rings is 1. The molecule has 0 radical (unpaired) electrons. The maximum Gasteiger partial charge on any atom is 0.0751 e. The Kier molecular flexibility index (Phi) is 4.90. The van der Waals surface area contributed by atoms with Gasteiger partial charge in [-0.15, -0.1) is 0 Å². The van der Waals surface area contributed by atoms with Gasteiger partial charge in [-0.3, -0.25) is 4.90 Å². The molecule has 0 amide bonds. The van der Waals surface area contributed by atoms with Crippen LogP contribution in [-0.2, 0) is 0 Å². The zero-order valence-corrected chi connectivity index (χ0v) is 18.0. The van der Waals surface area contributed by atoms with E-state index in [1.165, 1.54) is 64.5 Å². The molecule has 160 valence electrons. The molecule has 3 unspecified atom stereocenters. The van der Waals surface area contributed by atoms with Crippen LogP contribution in [0.3, 0.4) is 0 Å². The Labute approximate surface area is 171 Å². The van der Waals surface area contributed by atoms with Crippen molar-refractivity contribution in [2.24, 2.45) is 40.2 Å². The van der Waals surface area contributed by atoms with Crippen LogP contribution >= 0.6 is 0 Å². The fraction of sp³-hybridized carbons (Fsp3) is 1.00. The van der Waals surface area contributed by atoms with Crippen LogP contribution in [0.5, 0.6) is 0 Å². The summed E-state index contributed by atoms with van der Waals surface area (Å²) in [5.74, 6) is 2.77. The third-order valence-corrected chi connectivity index (χ3v) is 10.6. The molecule has 0 aromatic carbocycles. The SMILES string of the molecule is C[C@]12CCC3C(CC[C@H]4C[C@H](O)[C@@H](N)C[C@]34C)C1C[C@H](N1CCCCC1)[C@@H]2O. The van der Waals surface area contributed by atoms with E-state index in [1.807, 2.05) is 0 Å². The molecule has 4 nitrogen and oxygen atoms in total. The fourth-order valence-corrected chi connectivity index (χ4v) is 8.94. The van der Waals surface area contributed by atoms with Crippen LogP contribution in [0.1, 0.15) is 78.1 Å². The number of fused-ring (bicyclic) bond motifs is 5. The summed E-state index contributed by atoms with van der Waals surface area (Å²) in [5.41, 5.74) is 6.76. The predicted octanol–water partition coefficient (Wildman–Crippen LogP) is 3.15. The Bertz CT molecular complexity index is 593. The molecule has 1 saturated heterocycles. The van der Waals surface area contributed by atoms with Gasteiger partial charge in [-0.1, -0.05) is 20.3 Å². The van der Waals surface area contributed by atoms with Gasteiger partial charge in [0.25, 0.3) is 0 Å². The van der Waals surface area contributed by atoms with Crippen molar-refractivity contribution in [3.8, 4) is 0 Å². The van der Waals surface area contributed by atoms with Crippen LogP contribution in [0.2, 0.25) is 0 Å². The van der Waals surface area contributed by atoms with Crippen molar-refractivity contribution in [2.75, 3.05) is 13.1 Å². The van der Waals surface area contributed by atoms with Gasteiger partial charge in [-0.25, -0.2) is 0 Å². The molecule has 4 aliphatic carbocycles. The first-order valence-corrected chi connectivity index (χ1v) is 12.2. The van der Waals surface area contributed by atoms with Gasteiger partial charge in [0, 0.05) is 12.1 Å². The van der Waals surface area contributed by atoms with Gasteiger partial charge in [0.15, 0.2) is 0 Å². The van der Waals surface area contributed by atoms with Crippen molar-refractivity contribution in [1.29, 1.82) is 0 Å². The lowest BCUT2D eigenvalue weighted by Gasteiger charge is -2.61. The van der Waals surface area contributed by atoms with Crippen molar-refractivity contribution in [3.05, 3.63) is 0 Å². The van der Waals surface area contributed by atoms with Crippen LogP contribution in [-0.4, -0.2) is 52.5 Å². The Balaban J connectivity index is 1.40. The smallest absolute Gasteiger partial charge is 0.0751 e. The molecule has 5 fully saturated rings. The predicted molar refractivity (Wildman–Crippen MR) is 112 cm³/mol. The van der Waals surface area contributed by atoms with E-state index in [-0.39, 0.29) is 29.1 Å². The molecule has 0 aromatic heterocycles. The van der Waals surface area contributed by atoms with Gasteiger partial charge < -0.3 is 15.9 Å². The summed E-state index contributed by atoms with van der Waals surface area (Å²) < 4.78 is 0. The first-order valence-electron chi connectivity index (χ1n) is 12.2. The average Bonchev–Trinajstić information content (AvgIpc) is 2.95. The molecule has 10 atom stereocenters. The second-order valence-corrected chi connectivity index (χ2v) is 11.7. The Morgan fingerprint density at radius 1 is 0.893 bits per heavy atom. The first-order chi connectivity index (χ1) is 13.3. The van der Waals surface area contributed by atoms with Gasteiger partial charge in [-0.2, -0.15) is 0 Å². The molecule has 4 heteroatoms. The fourth-order valence-electron chi connectivity index (χ4n) is 8.94. The molecular formula is C24H42N2O2. The maximum atomic E-state index is 11.5. The second kappa shape index (κ2) is 6.93. The normalized spacial score (nSPS) is 57.3. The van der Waals surface area contributed by atoms with E-state index in [9.17, 15) is 10.2 Å². The van der Waals surface area contributed by atoms with Gasteiger partial charge in [0.1, 0.15) is 0 Å². The summed E-state index contributed by atoms with van der Waals surface area (Å²) in [5, 5.41) is 21.8. The molecule has 1 heterocycles. The van der Waals surface area contributed by atoms with E-state index in [4.69, 9.17) is 5.73 Å². The molecule has 0 spiro atoms. The quantitative estimate of drug-likeness (QED) is 0.643. The number of rotatable bonds is 1. The number of aliphatic hydroxyl groups is 2. The summed E-state index contributed by atoms with van der Waals surface area (Å²) >= 11 is 0. The zero-order chi connectivity index (χ0) is 19.7. The van der Waals surface area contributed by atoms with E-state index in [0.29, 0.717) is 17.9 Å². The minimum absolute atomic E-state index is 0.0522. The summed E-state index contributed by atoms with van der Waals surface area (Å²) in [6, 6.07) is 0.332. The number of hydrogen-bond donors (Lipinski definition) is 3. The van der Waals surface area contributed by atoms with E-state index in [2.05, 4.69) is 18.7 Å². The Morgan fingerprint density at radius 3 is 2.39 bits per heavy atom. The van der Waals surface area contributed by atoms with E-state index >= 15 is 0 Å². The average molecular weight is 391 g/mol. The topological polar surface area (TPSA) is 69.7 Å². The molecule has 0 bridgehead atoms. The van der Waals surface area contributed by atoms with Crippen molar-refractivity contribution >= 4 is 0 Å². The molecular weight excluding hydrogens is 348 g/mol. The van der Waals surface area contributed by atoms with Crippen molar-refractivity contribution in [3.63, 3.8) is 0 Å². The lowest BCUT2D eigenvalue weighted by atomic mass is 9.44. The lowest BCUT2D eigenvalue weighted by Crippen LogP contribution is -2.58. The first kappa shape index (κ1) is 19.8. The van der Waals surface area contributed by atoms with Gasteiger partial charge in [-0.05, 0) is 105 Å². The van der Waals surface area contributed by atoms with E-state index in [1.54, 1.807) is 0 Å².